The normalized spacial score (nSPS) is 16.3. The number of aromatic carboxylic acids is 1. The number of aliphatic hydroxyl groups excluding tert-OH is 1. The van der Waals surface area contributed by atoms with Crippen LogP contribution in [0.15, 0.2) is 12.3 Å². The fourth-order valence-electron chi connectivity index (χ4n) is 1.61. The molecule has 1 fully saturated rings. The predicted molar refractivity (Wildman–Crippen MR) is 61.6 cm³/mol. The minimum atomic E-state index is -1.09. The molecule has 18 heavy (non-hydrogen) atoms. The highest BCUT2D eigenvalue weighted by Crippen LogP contribution is 2.39. The highest BCUT2D eigenvalue weighted by molar-refractivity contribution is 5.90. The van der Waals surface area contributed by atoms with Gasteiger partial charge < -0.3 is 19.7 Å². The van der Waals surface area contributed by atoms with E-state index in [0.717, 1.165) is 12.8 Å². The molecule has 1 heterocycles. The monoisotopic (exact) mass is 253 g/mol. The molecule has 98 valence electrons. The molecule has 0 atom stereocenters. The van der Waals surface area contributed by atoms with E-state index in [1.54, 1.807) is 0 Å². The van der Waals surface area contributed by atoms with E-state index >= 15 is 0 Å². The first-order valence-electron chi connectivity index (χ1n) is 5.61. The van der Waals surface area contributed by atoms with Crippen molar-refractivity contribution in [2.45, 2.75) is 25.0 Å². The van der Waals surface area contributed by atoms with Crippen molar-refractivity contribution < 1.29 is 24.5 Å². The minimum Gasteiger partial charge on any atom is -0.480 e. The van der Waals surface area contributed by atoms with Crippen LogP contribution in [0.4, 0.5) is 0 Å². The van der Waals surface area contributed by atoms with E-state index in [2.05, 4.69) is 4.98 Å². The molecule has 6 heteroatoms. The standard InChI is InChI=1S/C12H15NO5/c1-17-10-9(11(15)16)4-8(5-13-10)6-18-12(7-14)2-3-12/h4-5,14H,2-3,6-7H2,1H3,(H,15,16). The topological polar surface area (TPSA) is 88.9 Å². The molecule has 1 aromatic rings. The van der Waals surface area contributed by atoms with Crippen molar-refractivity contribution in [3.8, 4) is 5.88 Å². The van der Waals surface area contributed by atoms with Gasteiger partial charge in [-0.1, -0.05) is 0 Å². The zero-order valence-corrected chi connectivity index (χ0v) is 10.0. The fraction of sp³-hybridized carbons (Fsp3) is 0.500. The average molecular weight is 253 g/mol. The largest absolute Gasteiger partial charge is 0.480 e. The van der Waals surface area contributed by atoms with Gasteiger partial charge in [-0.05, 0) is 24.5 Å². The Balaban J connectivity index is 2.09. The van der Waals surface area contributed by atoms with Crippen LogP contribution in [-0.4, -0.2) is 40.5 Å². The highest BCUT2D eigenvalue weighted by Gasteiger charge is 2.43. The van der Waals surface area contributed by atoms with Crippen LogP contribution < -0.4 is 4.74 Å². The van der Waals surface area contributed by atoms with Crippen LogP contribution in [0.1, 0.15) is 28.8 Å². The summed E-state index contributed by atoms with van der Waals surface area (Å²) in [4.78, 5) is 14.9. The van der Waals surface area contributed by atoms with Gasteiger partial charge in [-0.15, -0.1) is 0 Å². The molecule has 2 N–H and O–H groups in total. The molecule has 0 unspecified atom stereocenters. The maximum atomic E-state index is 11.0. The number of rotatable bonds is 6. The number of aromatic nitrogens is 1. The summed E-state index contributed by atoms with van der Waals surface area (Å²) in [7, 11) is 1.37. The van der Waals surface area contributed by atoms with Gasteiger partial charge in [0.2, 0.25) is 5.88 Å². The van der Waals surface area contributed by atoms with E-state index in [-0.39, 0.29) is 24.7 Å². The Labute approximate surface area is 104 Å². The average Bonchev–Trinajstić information content (AvgIpc) is 3.16. The summed E-state index contributed by atoms with van der Waals surface area (Å²) in [5.74, 6) is -1.01. The Morgan fingerprint density at radius 3 is 2.78 bits per heavy atom. The lowest BCUT2D eigenvalue weighted by molar-refractivity contribution is -0.0175. The second-order valence-corrected chi connectivity index (χ2v) is 4.34. The summed E-state index contributed by atoms with van der Waals surface area (Å²) in [6.07, 6.45) is 3.18. The van der Waals surface area contributed by atoms with E-state index in [1.165, 1.54) is 19.4 Å². The summed E-state index contributed by atoms with van der Waals surface area (Å²) in [6.45, 7) is 0.222. The van der Waals surface area contributed by atoms with Crippen molar-refractivity contribution in [2.24, 2.45) is 0 Å². The lowest BCUT2D eigenvalue weighted by Gasteiger charge is -2.13. The maximum absolute atomic E-state index is 11.0. The third-order valence-corrected chi connectivity index (χ3v) is 2.97. The molecule has 6 nitrogen and oxygen atoms in total. The zero-order valence-electron chi connectivity index (χ0n) is 10.0. The molecule has 1 aliphatic rings. The van der Waals surface area contributed by atoms with E-state index < -0.39 is 11.6 Å². The number of aliphatic hydroxyl groups is 1. The van der Waals surface area contributed by atoms with Gasteiger partial charge in [0, 0.05) is 6.20 Å². The lowest BCUT2D eigenvalue weighted by atomic mass is 10.2. The Morgan fingerprint density at radius 2 is 2.28 bits per heavy atom. The molecule has 0 saturated heterocycles. The number of carboxylic acid groups (broad SMARTS) is 1. The zero-order chi connectivity index (χ0) is 13.2. The Hall–Kier alpha value is -1.66. The summed E-state index contributed by atoms with van der Waals surface area (Å²) < 4.78 is 10.4. The van der Waals surface area contributed by atoms with E-state index in [9.17, 15) is 4.79 Å². The van der Waals surface area contributed by atoms with E-state index in [1.807, 2.05) is 0 Å². The number of hydrogen-bond donors (Lipinski definition) is 2. The first-order valence-corrected chi connectivity index (χ1v) is 5.61. The molecule has 2 rings (SSSR count). The molecule has 1 aliphatic carbocycles. The van der Waals surface area contributed by atoms with Gasteiger partial charge in [0.1, 0.15) is 5.56 Å². The number of hydrogen-bond acceptors (Lipinski definition) is 5. The second-order valence-electron chi connectivity index (χ2n) is 4.34. The van der Waals surface area contributed by atoms with Crippen LogP contribution in [0, 0.1) is 0 Å². The smallest absolute Gasteiger partial charge is 0.341 e. The van der Waals surface area contributed by atoms with Crippen molar-refractivity contribution in [2.75, 3.05) is 13.7 Å². The van der Waals surface area contributed by atoms with Crippen molar-refractivity contribution >= 4 is 5.97 Å². The molecule has 0 aliphatic heterocycles. The van der Waals surface area contributed by atoms with Gasteiger partial charge in [0.25, 0.3) is 0 Å². The summed E-state index contributed by atoms with van der Waals surface area (Å²) >= 11 is 0. The molecule has 0 bridgehead atoms. The van der Waals surface area contributed by atoms with Crippen LogP contribution in [0.5, 0.6) is 5.88 Å². The fourth-order valence-corrected chi connectivity index (χ4v) is 1.61. The molecule has 1 aromatic heterocycles. The number of pyridine rings is 1. The van der Waals surface area contributed by atoms with Gasteiger partial charge in [-0.2, -0.15) is 0 Å². The van der Waals surface area contributed by atoms with Crippen LogP contribution in [0.2, 0.25) is 0 Å². The third-order valence-electron chi connectivity index (χ3n) is 2.97. The Kier molecular flexibility index (Phi) is 3.49. The maximum Gasteiger partial charge on any atom is 0.341 e. The van der Waals surface area contributed by atoms with Gasteiger partial charge in [0.15, 0.2) is 0 Å². The summed E-state index contributed by atoms with van der Waals surface area (Å²) in [6, 6.07) is 1.47. The Morgan fingerprint density at radius 1 is 1.56 bits per heavy atom. The van der Waals surface area contributed by atoms with Crippen LogP contribution in [0.25, 0.3) is 0 Å². The van der Waals surface area contributed by atoms with E-state index in [4.69, 9.17) is 19.7 Å². The van der Waals surface area contributed by atoms with Gasteiger partial charge in [0.05, 0.1) is 25.9 Å². The Bertz CT molecular complexity index is 456. The molecule has 0 radical (unpaired) electrons. The number of methoxy groups -OCH3 is 1. The third kappa shape index (κ3) is 2.60. The van der Waals surface area contributed by atoms with Crippen LogP contribution in [-0.2, 0) is 11.3 Å². The number of carboxylic acids is 1. The molecule has 0 aromatic carbocycles. The molecular weight excluding hydrogens is 238 g/mol. The lowest BCUT2D eigenvalue weighted by Crippen LogP contribution is -2.19. The minimum absolute atomic E-state index is 0.00689. The number of ether oxygens (including phenoxy) is 2. The first-order chi connectivity index (χ1) is 8.60. The molecule has 1 saturated carbocycles. The highest BCUT2D eigenvalue weighted by atomic mass is 16.5. The number of nitrogens with zero attached hydrogens (tertiary/aromatic N) is 1. The van der Waals surface area contributed by atoms with Crippen molar-refractivity contribution in [1.82, 2.24) is 4.98 Å². The molecule has 0 spiro atoms. The van der Waals surface area contributed by atoms with E-state index in [0.29, 0.717) is 5.56 Å². The summed E-state index contributed by atoms with van der Waals surface area (Å²) in [5.41, 5.74) is 0.226. The van der Waals surface area contributed by atoms with Gasteiger partial charge in [-0.25, -0.2) is 9.78 Å². The van der Waals surface area contributed by atoms with Gasteiger partial charge >= 0.3 is 5.97 Å². The molecular formula is C12H15NO5. The van der Waals surface area contributed by atoms with Crippen molar-refractivity contribution in [1.29, 1.82) is 0 Å². The second kappa shape index (κ2) is 4.91. The van der Waals surface area contributed by atoms with Crippen molar-refractivity contribution in [3.63, 3.8) is 0 Å². The quantitative estimate of drug-likeness (QED) is 0.780. The predicted octanol–water partition coefficient (Wildman–Crippen LogP) is 0.830. The van der Waals surface area contributed by atoms with Gasteiger partial charge in [-0.3, -0.25) is 0 Å². The first kappa shape index (κ1) is 12.8. The summed E-state index contributed by atoms with van der Waals surface area (Å²) in [5, 5.41) is 18.1. The molecule has 0 amide bonds. The number of carbonyl (C=O) groups is 1. The SMILES string of the molecule is COc1ncc(COC2(CO)CC2)cc1C(=O)O. The van der Waals surface area contributed by atoms with Crippen LogP contribution in [0.3, 0.4) is 0 Å². The van der Waals surface area contributed by atoms with Crippen LogP contribution >= 0.6 is 0 Å². The van der Waals surface area contributed by atoms with Crippen molar-refractivity contribution in [3.05, 3.63) is 23.4 Å².